The van der Waals surface area contributed by atoms with Crippen molar-refractivity contribution in [3.8, 4) is 16.9 Å². The number of esters is 1. The van der Waals surface area contributed by atoms with Crippen LogP contribution >= 0.6 is 0 Å². The highest BCUT2D eigenvalue weighted by molar-refractivity contribution is 5.91. The zero-order chi connectivity index (χ0) is 21.1. The number of hydrogen-bond acceptors (Lipinski definition) is 2. The van der Waals surface area contributed by atoms with Crippen LogP contribution < -0.4 is 4.74 Å². The molecule has 154 valence electrons. The molecule has 0 amide bonds. The molecule has 0 radical (unpaired) electrons. The summed E-state index contributed by atoms with van der Waals surface area (Å²) in [7, 11) is 0. The molecule has 0 bridgehead atoms. The number of carbonyl (C=O) groups excluding carboxylic acids is 1. The SMILES string of the molecule is O=C(Oc1cc(F)c(F)c(F)c1)c1ccc(-c2ccc(C3C4C3C43C4CC43)cc2)cc1. The Morgan fingerprint density at radius 2 is 1.39 bits per heavy atom. The normalized spacial score (nSPS) is 32.8. The second-order valence-electron chi connectivity index (χ2n) is 9.32. The van der Waals surface area contributed by atoms with Crippen molar-refractivity contribution >= 4 is 5.97 Å². The number of benzene rings is 3. The second-order valence-corrected chi connectivity index (χ2v) is 9.32. The molecule has 2 nitrogen and oxygen atoms in total. The molecular formula is C26H17F3O2. The quantitative estimate of drug-likeness (QED) is 0.296. The lowest BCUT2D eigenvalue weighted by atomic mass is 9.88. The summed E-state index contributed by atoms with van der Waals surface area (Å²) >= 11 is 0. The Balaban J connectivity index is 1.03. The van der Waals surface area contributed by atoms with E-state index in [1.807, 2.05) is 0 Å². The van der Waals surface area contributed by atoms with Gasteiger partial charge in [-0.1, -0.05) is 36.4 Å². The van der Waals surface area contributed by atoms with E-state index < -0.39 is 23.4 Å². The van der Waals surface area contributed by atoms with E-state index in [1.54, 1.807) is 24.3 Å². The summed E-state index contributed by atoms with van der Waals surface area (Å²) in [5.41, 5.74) is 4.51. The van der Waals surface area contributed by atoms with E-state index in [-0.39, 0.29) is 11.3 Å². The van der Waals surface area contributed by atoms with Gasteiger partial charge in [-0.3, -0.25) is 0 Å². The molecule has 4 fully saturated rings. The molecule has 0 aromatic heterocycles. The fourth-order valence-corrected chi connectivity index (χ4v) is 6.19. The third-order valence-corrected chi connectivity index (χ3v) is 7.95. The fraction of sp³-hybridized carbons (Fsp3) is 0.269. The molecule has 4 aliphatic rings. The van der Waals surface area contributed by atoms with Gasteiger partial charge in [-0.25, -0.2) is 18.0 Å². The van der Waals surface area contributed by atoms with Crippen LogP contribution in [0.1, 0.15) is 28.3 Å². The van der Waals surface area contributed by atoms with Crippen LogP contribution in [0.4, 0.5) is 13.2 Å². The van der Waals surface area contributed by atoms with Crippen LogP contribution in [-0.4, -0.2) is 5.97 Å². The number of carbonyl (C=O) groups is 1. The molecule has 1 spiro atoms. The molecule has 7 rings (SSSR count). The van der Waals surface area contributed by atoms with Crippen molar-refractivity contribution < 1.29 is 22.7 Å². The first-order valence-electron chi connectivity index (χ1n) is 10.6. The van der Waals surface area contributed by atoms with E-state index in [4.69, 9.17) is 4.74 Å². The van der Waals surface area contributed by atoms with E-state index in [0.717, 1.165) is 46.1 Å². The zero-order valence-electron chi connectivity index (χ0n) is 16.3. The molecule has 5 heteroatoms. The molecule has 0 heterocycles. The summed E-state index contributed by atoms with van der Waals surface area (Å²) in [5.74, 6) is -0.683. The monoisotopic (exact) mass is 418 g/mol. The molecule has 4 unspecified atom stereocenters. The lowest BCUT2D eigenvalue weighted by molar-refractivity contribution is 0.0733. The van der Waals surface area contributed by atoms with Crippen LogP contribution in [-0.2, 0) is 0 Å². The Kier molecular flexibility index (Phi) is 3.17. The van der Waals surface area contributed by atoms with Gasteiger partial charge in [0.2, 0.25) is 0 Å². The standard InChI is InChI=1S/C26H17F3O2/c27-19-9-16(10-20(28)24(19)29)31-25(30)15-7-3-13(4-8-15)12-1-5-14(6-2-12)21-22-23(21)26(22)17-11-18(17)26/h1-10,17-18,21-23H,11H2. The second kappa shape index (κ2) is 5.58. The van der Waals surface area contributed by atoms with E-state index in [1.165, 1.54) is 12.0 Å². The van der Waals surface area contributed by atoms with Crippen LogP contribution in [0.25, 0.3) is 11.1 Å². The van der Waals surface area contributed by atoms with Crippen molar-refractivity contribution in [2.75, 3.05) is 0 Å². The number of fused-ring (bicyclic) bond motifs is 6. The molecule has 4 saturated carbocycles. The van der Waals surface area contributed by atoms with Crippen LogP contribution in [0, 0.1) is 46.5 Å². The van der Waals surface area contributed by atoms with Gasteiger partial charge in [-0.2, -0.15) is 0 Å². The van der Waals surface area contributed by atoms with E-state index >= 15 is 0 Å². The Hall–Kier alpha value is -3.08. The van der Waals surface area contributed by atoms with Crippen molar-refractivity contribution in [2.24, 2.45) is 29.1 Å². The van der Waals surface area contributed by atoms with Crippen LogP contribution in [0.5, 0.6) is 5.75 Å². The van der Waals surface area contributed by atoms with Crippen molar-refractivity contribution in [3.05, 3.63) is 89.2 Å². The van der Waals surface area contributed by atoms with Gasteiger partial charge in [0.05, 0.1) is 5.56 Å². The van der Waals surface area contributed by atoms with Gasteiger partial charge in [0.25, 0.3) is 0 Å². The number of rotatable bonds is 4. The van der Waals surface area contributed by atoms with Crippen LogP contribution in [0.15, 0.2) is 60.7 Å². The van der Waals surface area contributed by atoms with E-state index in [9.17, 15) is 18.0 Å². The number of halogens is 3. The van der Waals surface area contributed by atoms with Crippen LogP contribution in [0.2, 0.25) is 0 Å². The van der Waals surface area contributed by atoms with Crippen LogP contribution in [0.3, 0.4) is 0 Å². The molecule has 4 atom stereocenters. The number of ether oxygens (including phenoxy) is 1. The van der Waals surface area contributed by atoms with Crippen molar-refractivity contribution in [2.45, 2.75) is 12.3 Å². The first-order chi connectivity index (χ1) is 15.0. The van der Waals surface area contributed by atoms with Gasteiger partial charge in [-0.05, 0) is 70.2 Å². The predicted molar refractivity (Wildman–Crippen MR) is 107 cm³/mol. The predicted octanol–water partition coefficient (Wildman–Crippen LogP) is 5.97. The van der Waals surface area contributed by atoms with Crippen molar-refractivity contribution in [1.29, 1.82) is 0 Å². The highest BCUT2D eigenvalue weighted by Gasteiger charge is 3.01. The summed E-state index contributed by atoms with van der Waals surface area (Å²) < 4.78 is 44.6. The average molecular weight is 418 g/mol. The molecule has 3 aromatic rings. The third-order valence-electron chi connectivity index (χ3n) is 7.95. The minimum absolute atomic E-state index is 0.233. The van der Waals surface area contributed by atoms with E-state index in [0.29, 0.717) is 12.1 Å². The maximum Gasteiger partial charge on any atom is 0.343 e. The topological polar surface area (TPSA) is 26.3 Å². The van der Waals surface area contributed by atoms with E-state index in [2.05, 4.69) is 24.3 Å². The summed E-state index contributed by atoms with van der Waals surface area (Å²) in [6, 6.07) is 16.8. The first-order valence-corrected chi connectivity index (χ1v) is 10.6. The van der Waals surface area contributed by atoms with Crippen molar-refractivity contribution in [3.63, 3.8) is 0 Å². The lowest BCUT2D eigenvalue weighted by Crippen LogP contribution is -2.09. The molecule has 0 saturated heterocycles. The lowest BCUT2D eigenvalue weighted by Gasteiger charge is -2.16. The van der Waals surface area contributed by atoms with Gasteiger partial charge in [0.15, 0.2) is 17.5 Å². The Morgan fingerprint density at radius 3 is 1.90 bits per heavy atom. The average Bonchev–Trinajstić information content (AvgIpc) is 3.59. The Labute approximate surface area is 176 Å². The van der Waals surface area contributed by atoms with Gasteiger partial charge in [0, 0.05) is 12.1 Å². The summed E-state index contributed by atoms with van der Waals surface area (Å²) in [4.78, 5) is 12.3. The maximum atomic E-state index is 13.3. The largest absolute Gasteiger partial charge is 0.423 e. The van der Waals surface area contributed by atoms with Gasteiger partial charge in [-0.15, -0.1) is 0 Å². The maximum absolute atomic E-state index is 13.3. The number of hydrogen-bond donors (Lipinski definition) is 0. The zero-order valence-corrected chi connectivity index (χ0v) is 16.3. The first kappa shape index (κ1) is 17.6. The summed E-state index contributed by atoms with van der Waals surface area (Å²) in [6.45, 7) is 0. The molecule has 3 aromatic carbocycles. The molecule has 4 aliphatic carbocycles. The molecular weight excluding hydrogens is 401 g/mol. The Morgan fingerprint density at radius 1 is 0.839 bits per heavy atom. The third kappa shape index (κ3) is 2.32. The molecule has 0 N–H and O–H groups in total. The fourth-order valence-electron chi connectivity index (χ4n) is 6.19. The van der Waals surface area contributed by atoms with Gasteiger partial charge < -0.3 is 4.74 Å². The molecule has 31 heavy (non-hydrogen) atoms. The minimum atomic E-state index is -1.60. The highest BCUT2D eigenvalue weighted by Crippen LogP contribution is 3.06. The Bertz CT molecular complexity index is 1220. The van der Waals surface area contributed by atoms with Gasteiger partial charge in [0.1, 0.15) is 5.75 Å². The molecule has 0 aliphatic heterocycles. The highest BCUT2D eigenvalue weighted by atomic mass is 19.2. The van der Waals surface area contributed by atoms with Gasteiger partial charge >= 0.3 is 5.97 Å². The summed E-state index contributed by atoms with van der Waals surface area (Å²) in [5, 5.41) is 0. The smallest absolute Gasteiger partial charge is 0.343 e. The minimum Gasteiger partial charge on any atom is -0.423 e. The summed E-state index contributed by atoms with van der Waals surface area (Å²) in [6.07, 6.45) is 1.49. The van der Waals surface area contributed by atoms with Crippen molar-refractivity contribution in [1.82, 2.24) is 0 Å².